The summed E-state index contributed by atoms with van der Waals surface area (Å²) in [7, 11) is 0. The molecule has 0 bridgehead atoms. The van der Waals surface area contributed by atoms with Gasteiger partial charge in [0.05, 0.1) is 6.04 Å². The third kappa shape index (κ3) is 6.99. The van der Waals surface area contributed by atoms with Crippen molar-refractivity contribution in [3.8, 4) is 11.8 Å². The number of piperazine rings is 1. The van der Waals surface area contributed by atoms with Crippen LogP contribution < -0.4 is 0 Å². The van der Waals surface area contributed by atoms with E-state index < -0.39 is 0 Å². The van der Waals surface area contributed by atoms with Gasteiger partial charge in [-0.05, 0) is 79.5 Å². The van der Waals surface area contributed by atoms with Crippen LogP contribution >= 0.6 is 15.9 Å². The number of aliphatic hydroxyl groups is 1. The number of nitrogens with zero attached hydrogens (tertiary/aromatic N) is 2. The summed E-state index contributed by atoms with van der Waals surface area (Å²) >= 11 is 3.61. The molecule has 1 atom stereocenters. The average Bonchev–Trinajstić information content (AvgIpc) is 2.89. The molecule has 0 aromatic heterocycles. The normalized spacial score (nSPS) is 23.2. The average molecular weight is 548 g/mol. The van der Waals surface area contributed by atoms with E-state index in [-0.39, 0.29) is 12.6 Å². The third-order valence-corrected chi connectivity index (χ3v) is 7.78. The molecular formula is C32H39BrN2O. The van der Waals surface area contributed by atoms with Gasteiger partial charge in [0, 0.05) is 49.7 Å². The molecule has 0 spiro atoms. The molecule has 0 saturated carbocycles. The number of halogens is 1. The summed E-state index contributed by atoms with van der Waals surface area (Å²) < 4.78 is 1.08. The van der Waals surface area contributed by atoms with Crippen LogP contribution in [0.1, 0.15) is 51.5 Å². The number of rotatable bonds is 8. The Balaban J connectivity index is 1.71. The Labute approximate surface area is 226 Å². The molecule has 36 heavy (non-hydrogen) atoms. The van der Waals surface area contributed by atoms with E-state index >= 15 is 0 Å². The van der Waals surface area contributed by atoms with E-state index in [1.165, 1.54) is 27.9 Å². The van der Waals surface area contributed by atoms with Gasteiger partial charge < -0.3 is 5.11 Å². The zero-order valence-corrected chi connectivity index (χ0v) is 23.3. The van der Waals surface area contributed by atoms with E-state index in [1.807, 2.05) is 0 Å². The maximum absolute atomic E-state index is 9.70. The van der Waals surface area contributed by atoms with Gasteiger partial charge in [0.25, 0.3) is 0 Å². The number of hydrogen-bond acceptors (Lipinski definition) is 3. The fraction of sp³-hybridized carbons (Fsp3) is 0.438. The first kappa shape index (κ1) is 26.9. The fourth-order valence-electron chi connectivity index (χ4n) is 5.20. The Kier molecular flexibility index (Phi) is 10.0. The van der Waals surface area contributed by atoms with Gasteiger partial charge in [0.1, 0.15) is 0 Å². The number of allylic oxidation sites excluding steroid dienone is 9. The summed E-state index contributed by atoms with van der Waals surface area (Å²) in [6, 6.07) is 9.38. The van der Waals surface area contributed by atoms with Crippen molar-refractivity contribution in [2.24, 2.45) is 0 Å². The van der Waals surface area contributed by atoms with Crippen molar-refractivity contribution in [3.63, 3.8) is 0 Å². The van der Waals surface area contributed by atoms with Gasteiger partial charge in [0.2, 0.25) is 0 Å². The summed E-state index contributed by atoms with van der Waals surface area (Å²) in [5, 5.41) is 9.70. The van der Waals surface area contributed by atoms with E-state index in [4.69, 9.17) is 0 Å². The van der Waals surface area contributed by atoms with Crippen molar-refractivity contribution in [2.45, 2.75) is 58.0 Å². The van der Waals surface area contributed by atoms with Crippen molar-refractivity contribution in [2.75, 3.05) is 32.8 Å². The Morgan fingerprint density at radius 3 is 2.47 bits per heavy atom. The van der Waals surface area contributed by atoms with Crippen LogP contribution in [-0.2, 0) is 0 Å². The van der Waals surface area contributed by atoms with Crippen LogP contribution in [0.3, 0.4) is 0 Å². The molecule has 3 aliphatic rings. The highest BCUT2D eigenvalue weighted by Crippen LogP contribution is 2.36. The van der Waals surface area contributed by atoms with Gasteiger partial charge in [-0.2, -0.15) is 0 Å². The molecule has 0 amide bonds. The minimum absolute atomic E-state index is 0.142. The first-order valence-corrected chi connectivity index (χ1v) is 14.2. The summed E-state index contributed by atoms with van der Waals surface area (Å²) in [5.41, 5.74) is 6.30. The minimum Gasteiger partial charge on any atom is -0.396 e. The van der Waals surface area contributed by atoms with Gasteiger partial charge in [-0.25, -0.2) is 0 Å². The van der Waals surface area contributed by atoms with Gasteiger partial charge in [-0.1, -0.05) is 76.4 Å². The maximum atomic E-state index is 9.70. The topological polar surface area (TPSA) is 26.7 Å². The molecule has 1 aromatic carbocycles. The second-order valence-corrected chi connectivity index (χ2v) is 10.9. The number of aliphatic hydroxyl groups excluding tert-OH is 1. The highest BCUT2D eigenvalue weighted by atomic mass is 79.9. The summed E-state index contributed by atoms with van der Waals surface area (Å²) in [6.07, 6.45) is 18.3. The molecule has 190 valence electrons. The quantitative estimate of drug-likeness (QED) is 0.375. The van der Waals surface area contributed by atoms with E-state index in [0.717, 1.165) is 62.8 Å². The molecule has 0 radical (unpaired) electrons. The zero-order valence-electron chi connectivity index (χ0n) is 21.7. The Hall–Kier alpha value is -2.16. The lowest BCUT2D eigenvalue weighted by Gasteiger charge is -2.38. The van der Waals surface area contributed by atoms with Crippen LogP contribution in [-0.4, -0.2) is 59.8 Å². The lowest BCUT2D eigenvalue weighted by Crippen LogP contribution is -2.51. The summed E-state index contributed by atoms with van der Waals surface area (Å²) in [5.74, 6) is 6.96. The minimum atomic E-state index is 0.142. The van der Waals surface area contributed by atoms with Crippen LogP contribution in [0.2, 0.25) is 0 Å². The SMILES string of the molecule is CC(C)N1CCN(C2C#CC/C=C(/C(=C(/CCCO)C3=CCCC=C3)c3ccc(Br)cc3)C=C2)CC1. The molecule has 1 fully saturated rings. The Morgan fingerprint density at radius 2 is 1.81 bits per heavy atom. The molecule has 1 N–H and O–H groups in total. The molecular weight excluding hydrogens is 508 g/mol. The van der Waals surface area contributed by atoms with Gasteiger partial charge >= 0.3 is 0 Å². The van der Waals surface area contributed by atoms with Crippen LogP contribution in [0.25, 0.3) is 5.57 Å². The first-order chi connectivity index (χ1) is 17.6. The van der Waals surface area contributed by atoms with E-state index in [2.05, 4.69) is 112 Å². The number of hydrogen-bond donors (Lipinski definition) is 1. The molecule has 4 rings (SSSR count). The largest absolute Gasteiger partial charge is 0.396 e. The predicted molar refractivity (Wildman–Crippen MR) is 156 cm³/mol. The molecule has 2 aliphatic carbocycles. The zero-order chi connectivity index (χ0) is 25.3. The highest BCUT2D eigenvalue weighted by Gasteiger charge is 2.23. The van der Waals surface area contributed by atoms with E-state index in [1.54, 1.807) is 0 Å². The summed E-state index contributed by atoms with van der Waals surface area (Å²) in [4.78, 5) is 5.07. The monoisotopic (exact) mass is 546 g/mol. The second kappa shape index (κ2) is 13.4. The van der Waals surface area contributed by atoms with Crippen LogP contribution in [0, 0.1) is 11.8 Å². The lowest BCUT2D eigenvalue weighted by atomic mass is 9.84. The summed E-state index contributed by atoms with van der Waals surface area (Å²) in [6.45, 7) is 9.06. The van der Waals surface area contributed by atoms with Crippen molar-refractivity contribution < 1.29 is 5.11 Å². The standard InChI is InChI=1S/C32H39BrN2O/c1-25(2)34-20-22-35(23-21-34)30-12-7-6-11-27(16-19-30)32(28-14-17-29(33)18-15-28)31(13-8-24-36)26-9-4-3-5-10-26/h4,9-11,14-19,25,30,36H,3,5-6,8,13,20-24H2,1-2H3/b19-16?,27-11+,32-31+. The van der Waals surface area contributed by atoms with E-state index in [9.17, 15) is 5.11 Å². The Morgan fingerprint density at radius 1 is 1.03 bits per heavy atom. The molecule has 1 saturated heterocycles. The molecule has 4 heteroatoms. The molecule has 1 heterocycles. The second-order valence-electron chi connectivity index (χ2n) is 9.98. The van der Waals surface area contributed by atoms with Crippen LogP contribution in [0.4, 0.5) is 0 Å². The van der Waals surface area contributed by atoms with Gasteiger partial charge in [-0.15, -0.1) is 0 Å². The van der Waals surface area contributed by atoms with Crippen molar-refractivity contribution in [3.05, 3.63) is 87.5 Å². The molecule has 3 nitrogen and oxygen atoms in total. The Bertz CT molecular complexity index is 1100. The third-order valence-electron chi connectivity index (χ3n) is 7.26. The van der Waals surface area contributed by atoms with Crippen LogP contribution in [0.15, 0.2) is 81.9 Å². The van der Waals surface area contributed by atoms with Gasteiger partial charge in [0.15, 0.2) is 0 Å². The molecule has 1 unspecified atom stereocenters. The van der Waals surface area contributed by atoms with Gasteiger partial charge in [-0.3, -0.25) is 9.80 Å². The van der Waals surface area contributed by atoms with Crippen molar-refractivity contribution >= 4 is 21.5 Å². The van der Waals surface area contributed by atoms with Crippen molar-refractivity contribution in [1.29, 1.82) is 0 Å². The smallest absolute Gasteiger partial charge is 0.0904 e. The molecule has 1 aliphatic heterocycles. The van der Waals surface area contributed by atoms with Crippen molar-refractivity contribution in [1.82, 2.24) is 9.80 Å². The maximum Gasteiger partial charge on any atom is 0.0904 e. The fourth-order valence-corrected chi connectivity index (χ4v) is 5.47. The highest BCUT2D eigenvalue weighted by molar-refractivity contribution is 9.10. The number of benzene rings is 1. The van der Waals surface area contributed by atoms with Crippen LogP contribution in [0.5, 0.6) is 0 Å². The predicted octanol–water partition coefficient (Wildman–Crippen LogP) is 6.54. The first-order valence-electron chi connectivity index (χ1n) is 13.4. The molecule has 1 aromatic rings. The van der Waals surface area contributed by atoms with E-state index in [0.29, 0.717) is 6.04 Å². The lowest BCUT2D eigenvalue weighted by molar-refractivity contribution is 0.104.